The summed E-state index contributed by atoms with van der Waals surface area (Å²) in [5.74, 6) is 0. The van der Waals surface area contributed by atoms with Crippen LogP contribution in [0.1, 0.15) is 11.7 Å². The molecule has 1 fully saturated rings. The van der Waals surface area contributed by atoms with E-state index in [1.54, 1.807) is 0 Å². The first-order chi connectivity index (χ1) is 6.25. The summed E-state index contributed by atoms with van der Waals surface area (Å²) in [6.07, 6.45) is 0. The number of halogens is 1. The Bertz CT molecular complexity index is 342. The molecule has 5 heteroatoms. The number of nitrogens with one attached hydrogen (secondary N) is 2. The summed E-state index contributed by atoms with van der Waals surface area (Å²) in [5, 5.41) is 5.45. The fraction of sp³-hybridized carbons (Fsp3) is 0.250. The molecule has 1 saturated heterocycles. The van der Waals surface area contributed by atoms with Crippen molar-refractivity contribution < 1.29 is 4.79 Å². The Morgan fingerprint density at radius 3 is 3.00 bits per heavy atom. The molecular formula is C8H8BrN3O. The first kappa shape index (κ1) is 8.50. The van der Waals surface area contributed by atoms with E-state index in [0.29, 0.717) is 6.54 Å². The number of amides is 2. The van der Waals surface area contributed by atoms with Crippen molar-refractivity contribution in [3.05, 3.63) is 28.5 Å². The Labute approximate surface area is 83.9 Å². The third kappa shape index (κ3) is 1.80. The highest BCUT2D eigenvalue weighted by Crippen LogP contribution is 2.15. The normalized spacial score (nSPS) is 21.0. The van der Waals surface area contributed by atoms with Crippen molar-refractivity contribution in [1.29, 1.82) is 0 Å². The number of hydrogen-bond donors (Lipinski definition) is 2. The van der Waals surface area contributed by atoms with Crippen molar-refractivity contribution in [1.82, 2.24) is 15.6 Å². The van der Waals surface area contributed by atoms with Gasteiger partial charge in [0.2, 0.25) is 0 Å². The molecule has 4 nitrogen and oxygen atoms in total. The summed E-state index contributed by atoms with van der Waals surface area (Å²) in [7, 11) is 0. The number of hydrogen-bond acceptors (Lipinski definition) is 2. The summed E-state index contributed by atoms with van der Waals surface area (Å²) in [5.41, 5.74) is 0.868. The molecule has 68 valence electrons. The van der Waals surface area contributed by atoms with Gasteiger partial charge in [-0.1, -0.05) is 6.07 Å². The smallest absolute Gasteiger partial charge is 0.315 e. The van der Waals surface area contributed by atoms with Gasteiger partial charge in [0.25, 0.3) is 0 Å². The van der Waals surface area contributed by atoms with Gasteiger partial charge in [0, 0.05) is 6.54 Å². The molecule has 2 N–H and O–H groups in total. The lowest BCUT2D eigenvalue weighted by Gasteiger charge is -2.07. The molecule has 0 bridgehead atoms. The van der Waals surface area contributed by atoms with Gasteiger partial charge in [-0.2, -0.15) is 0 Å². The van der Waals surface area contributed by atoms with Crippen molar-refractivity contribution in [2.45, 2.75) is 6.04 Å². The first-order valence-electron chi connectivity index (χ1n) is 3.92. The van der Waals surface area contributed by atoms with Crippen LogP contribution < -0.4 is 10.6 Å². The van der Waals surface area contributed by atoms with Crippen LogP contribution in [0.4, 0.5) is 4.79 Å². The molecule has 0 spiro atoms. The van der Waals surface area contributed by atoms with Gasteiger partial charge in [-0.05, 0) is 28.1 Å². The molecule has 1 atom stereocenters. The first-order valence-corrected chi connectivity index (χ1v) is 4.72. The molecule has 1 aromatic heterocycles. The second kappa shape index (κ2) is 3.33. The van der Waals surface area contributed by atoms with Crippen LogP contribution in [0.25, 0.3) is 0 Å². The van der Waals surface area contributed by atoms with E-state index in [2.05, 4.69) is 31.5 Å². The predicted octanol–water partition coefficient (Wildman–Crippen LogP) is 1.20. The number of pyridine rings is 1. The summed E-state index contributed by atoms with van der Waals surface area (Å²) in [6, 6.07) is 5.50. The standard InChI is InChI=1S/C8H8BrN3O/c9-7-3-1-2-5(11-7)6-4-10-8(13)12-6/h1-3,6H,4H2,(H2,10,12,13). The van der Waals surface area contributed by atoms with Gasteiger partial charge in [-0.3, -0.25) is 0 Å². The minimum Gasteiger partial charge on any atom is -0.336 e. The van der Waals surface area contributed by atoms with E-state index in [4.69, 9.17) is 0 Å². The quantitative estimate of drug-likeness (QED) is 0.727. The minimum atomic E-state index is -0.133. The van der Waals surface area contributed by atoms with Gasteiger partial charge >= 0.3 is 6.03 Å². The topological polar surface area (TPSA) is 54.0 Å². The van der Waals surface area contributed by atoms with Crippen LogP contribution in [0, 0.1) is 0 Å². The molecule has 0 aliphatic carbocycles. The monoisotopic (exact) mass is 241 g/mol. The molecule has 2 heterocycles. The van der Waals surface area contributed by atoms with Crippen molar-refractivity contribution >= 4 is 22.0 Å². The molecule has 2 amide bonds. The molecule has 0 aromatic carbocycles. The summed E-state index contributed by atoms with van der Waals surface area (Å²) in [4.78, 5) is 15.1. The highest BCUT2D eigenvalue weighted by atomic mass is 79.9. The SMILES string of the molecule is O=C1NCC(c2cccc(Br)n2)N1. The van der Waals surface area contributed by atoms with Crippen LogP contribution >= 0.6 is 15.9 Å². The van der Waals surface area contributed by atoms with E-state index >= 15 is 0 Å². The van der Waals surface area contributed by atoms with Crippen molar-refractivity contribution in [2.24, 2.45) is 0 Å². The van der Waals surface area contributed by atoms with E-state index in [0.717, 1.165) is 10.3 Å². The summed E-state index contributed by atoms with van der Waals surface area (Å²) >= 11 is 3.28. The fourth-order valence-corrected chi connectivity index (χ4v) is 1.61. The maximum absolute atomic E-state index is 10.8. The predicted molar refractivity (Wildman–Crippen MR) is 51.2 cm³/mol. The van der Waals surface area contributed by atoms with Crippen molar-refractivity contribution in [3.63, 3.8) is 0 Å². The molecule has 1 aliphatic rings. The zero-order chi connectivity index (χ0) is 9.26. The van der Waals surface area contributed by atoms with Crippen molar-refractivity contribution in [2.75, 3.05) is 6.54 Å². The third-order valence-corrected chi connectivity index (χ3v) is 2.31. The zero-order valence-corrected chi connectivity index (χ0v) is 8.34. The molecule has 0 radical (unpaired) electrons. The van der Waals surface area contributed by atoms with Gasteiger partial charge in [-0.25, -0.2) is 9.78 Å². The second-order valence-corrected chi connectivity index (χ2v) is 3.60. The van der Waals surface area contributed by atoms with E-state index in [-0.39, 0.29) is 12.1 Å². The maximum Gasteiger partial charge on any atom is 0.315 e. The van der Waals surface area contributed by atoms with Crippen LogP contribution in [-0.2, 0) is 0 Å². The number of carbonyl (C=O) groups excluding carboxylic acids is 1. The molecule has 13 heavy (non-hydrogen) atoms. The summed E-state index contributed by atoms with van der Waals surface area (Å²) in [6.45, 7) is 0.599. The molecule has 1 aromatic rings. The molecule has 2 rings (SSSR count). The van der Waals surface area contributed by atoms with Crippen molar-refractivity contribution in [3.8, 4) is 0 Å². The molecule has 0 saturated carbocycles. The number of rotatable bonds is 1. The van der Waals surface area contributed by atoms with Crippen LogP contribution in [0.5, 0.6) is 0 Å². The van der Waals surface area contributed by atoms with Gasteiger partial charge in [0.15, 0.2) is 0 Å². The summed E-state index contributed by atoms with van der Waals surface area (Å²) < 4.78 is 0.783. The van der Waals surface area contributed by atoms with Gasteiger partial charge < -0.3 is 10.6 Å². The lowest BCUT2D eigenvalue weighted by atomic mass is 10.2. The fourth-order valence-electron chi connectivity index (χ4n) is 1.25. The van der Waals surface area contributed by atoms with E-state index in [1.807, 2.05) is 18.2 Å². The Hall–Kier alpha value is -1.10. The lowest BCUT2D eigenvalue weighted by molar-refractivity contribution is 0.247. The van der Waals surface area contributed by atoms with Gasteiger partial charge in [0.05, 0.1) is 11.7 Å². The number of urea groups is 1. The second-order valence-electron chi connectivity index (χ2n) is 2.79. The highest BCUT2D eigenvalue weighted by molar-refractivity contribution is 9.10. The third-order valence-electron chi connectivity index (χ3n) is 1.87. The number of carbonyl (C=O) groups is 1. The largest absolute Gasteiger partial charge is 0.336 e. The highest BCUT2D eigenvalue weighted by Gasteiger charge is 2.22. The molecule has 1 unspecified atom stereocenters. The van der Waals surface area contributed by atoms with Crippen LogP contribution in [0.3, 0.4) is 0 Å². The van der Waals surface area contributed by atoms with Crippen LogP contribution in [-0.4, -0.2) is 17.6 Å². The maximum atomic E-state index is 10.8. The molecular weight excluding hydrogens is 234 g/mol. The van der Waals surface area contributed by atoms with Gasteiger partial charge in [0.1, 0.15) is 4.60 Å². The van der Waals surface area contributed by atoms with E-state index in [1.165, 1.54) is 0 Å². The Morgan fingerprint density at radius 1 is 1.54 bits per heavy atom. The Morgan fingerprint density at radius 2 is 2.38 bits per heavy atom. The number of aromatic nitrogens is 1. The average molecular weight is 242 g/mol. The van der Waals surface area contributed by atoms with Crippen LogP contribution in [0.15, 0.2) is 22.8 Å². The average Bonchev–Trinajstić information content (AvgIpc) is 2.52. The minimum absolute atomic E-state index is 0.00926. The number of nitrogens with zero attached hydrogens (tertiary/aromatic N) is 1. The Balaban J connectivity index is 2.21. The van der Waals surface area contributed by atoms with Crippen LogP contribution in [0.2, 0.25) is 0 Å². The Kier molecular flexibility index (Phi) is 2.18. The van der Waals surface area contributed by atoms with Gasteiger partial charge in [-0.15, -0.1) is 0 Å². The van der Waals surface area contributed by atoms with E-state index < -0.39 is 0 Å². The zero-order valence-electron chi connectivity index (χ0n) is 6.75. The molecule has 1 aliphatic heterocycles. The lowest BCUT2D eigenvalue weighted by Crippen LogP contribution is -2.22. The van der Waals surface area contributed by atoms with E-state index in [9.17, 15) is 4.79 Å².